The molecule has 1 aliphatic heterocycles. The Labute approximate surface area is 125 Å². The van der Waals surface area contributed by atoms with Crippen LogP contribution in [0.2, 0.25) is 0 Å². The molecule has 108 valence electrons. The summed E-state index contributed by atoms with van der Waals surface area (Å²) in [7, 11) is 0. The van der Waals surface area contributed by atoms with Crippen LogP contribution in [0.4, 0.5) is 5.82 Å². The molecule has 2 aromatic rings. The topological polar surface area (TPSA) is 55.0 Å². The molecule has 1 aliphatic rings. The second kappa shape index (κ2) is 6.37. The molecule has 0 spiro atoms. The zero-order chi connectivity index (χ0) is 13.2. The number of piperidine rings is 1. The minimum Gasteiger partial charge on any atom is -0.356 e. The van der Waals surface area contributed by atoms with E-state index in [1.807, 2.05) is 0 Å². The monoisotopic (exact) mass is 292 g/mol. The van der Waals surface area contributed by atoms with Crippen LogP contribution in [0.15, 0.2) is 24.5 Å². The van der Waals surface area contributed by atoms with Gasteiger partial charge in [0.25, 0.3) is 0 Å². The zero-order valence-electron chi connectivity index (χ0n) is 11.7. The van der Waals surface area contributed by atoms with Gasteiger partial charge in [0.05, 0.1) is 5.52 Å². The molecule has 0 aliphatic carbocycles. The highest BCUT2D eigenvalue weighted by atomic mass is 35.5. The molecular formula is C15H21ClN4. The number of rotatable bonds is 2. The summed E-state index contributed by atoms with van der Waals surface area (Å²) in [6, 6.07) is 6.34. The maximum absolute atomic E-state index is 5.82. The lowest BCUT2D eigenvalue weighted by molar-refractivity contribution is 0.422. The first-order valence-electron chi connectivity index (χ1n) is 6.94. The predicted octanol–water partition coefficient (Wildman–Crippen LogP) is 2.54. The molecule has 0 saturated carbocycles. The van der Waals surface area contributed by atoms with E-state index < -0.39 is 0 Å². The first kappa shape index (κ1) is 15.0. The van der Waals surface area contributed by atoms with Crippen LogP contribution in [0.25, 0.3) is 10.9 Å². The third kappa shape index (κ3) is 2.86. The highest BCUT2D eigenvalue weighted by Crippen LogP contribution is 2.27. The lowest BCUT2D eigenvalue weighted by Gasteiger charge is -2.33. The molecule has 3 rings (SSSR count). The number of benzene rings is 1. The molecule has 0 amide bonds. The summed E-state index contributed by atoms with van der Waals surface area (Å²) in [6.45, 7) is 4.95. The maximum Gasteiger partial charge on any atom is 0.139 e. The van der Waals surface area contributed by atoms with Crippen molar-refractivity contribution in [2.24, 2.45) is 11.7 Å². The fourth-order valence-electron chi connectivity index (χ4n) is 2.86. The van der Waals surface area contributed by atoms with E-state index in [4.69, 9.17) is 5.73 Å². The zero-order valence-corrected chi connectivity index (χ0v) is 12.6. The van der Waals surface area contributed by atoms with Crippen molar-refractivity contribution in [3.8, 4) is 0 Å². The van der Waals surface area contributed by atoms with Crippen LogP contribution in [-0.4, -0.2) is 29.6 Å². The molecule has 1 atom stereocenters. The second-order valence-corrected chi connectivity index (χ2v) is 5.41. The van der Waals surface area contributed by atoms with Crippen LogP contribution < -0.4 is 10.6 Å². The maximum atomic E-state index is 5.82. The third-order valence-corrected chi connectivity index (χ3v) is 3.92. The Hall–Kier alpha value is -1.39. The van der Waals surface area contributed by atoms with E-state index in [9.17, 15) is 0 Å². The highest BCUT2D eigenvalue weighted by Gasteiger charge is 2.21. The van der Waals surface area contributed by atoms with E-state index in [2.05, 4.69) is 40.0 Å². The van der Waals surface area contributed by atoms with Gasteiger partial charge in [0, 0.05) is 18.5 Å². The molecule has 0 bridgehead atoms. The summed E-state index contributed by atoms with van der Waals surface area (Å²) < 4.78 is 0. The average molecular weight is 293 g/mol. The summed E-state index contributed by atoms with van der Waals surface area (Å²) in [6.07, 6.45) is 4.09. The summed E-state index contributed by atoms with van der Waals surface area (Å²) in [5.41, 5.74) is 8.09. The molecule has 5 heteroatoms. The van der Waals surface area contributed by atoms with Gasteiger partial charge in [0.2, 0.25) is 0 Å². The number of aryl methyl sites for hydroxylation is 1. The van der Waals surface area contributed by atoms with Crippen LogP contribution in [0.1, 0.15) is 18.4 Å². The molecule has 2 heterocycles. The molecular weight excluding hydrogens is 272 g/mol. The van der Waals surface area contributed by atoms with Crippen molar-refractivity contribution in [3.05, 3.63) is 30.1 Å². The van der Waals surface area contributed by atoms with Gasteiger partial charge in [-0.15, -0.1) is 12.4 Å². The van der Waals surface area contributed by atoms with E-state index in [1.165, 1.54) is 18.4 Å². The molecule has 2 N–H and O–H groups in total. The number of aromatic nitrogens is 2. The molecule has 1 aromatic carbocycles. The summed E-state index contributed by atoms with van der Waals surface area (Å²) in [4.78, 5) is 11.2. The van der Waals surface area contributed by atoms with Gasteiger partial charge in [-0.05, 0) is 44.4 Å². The Morgan fingerprint density at radius 1 is 1.35 bits per heavy atom. The number of hydrogen-bond donors (Lipinski definition) is 1. The summed E-state index contributed by atoms with van der Waals surface area (Å²) in [5, 5.41) is 1.15. The normalized spacial score (nSPS) is 18.9. The summed E-state index contributed by atoms with van der Waals surface area (Å²) >= 11 is 0. The molecule has 0 radical (unpaired) electrons. The van der Waals surface area contributed by atoms with Crippen molar-refractivity contribution < 1.29 is 0 Å². The smallest absolute Gasteiger partial charge is 0.139 e. The number of anilines is 1. The Bertz CT molecular complexity index is 587. The Morgan fingerprint density at radius 2 is 2.20 bits per heavy atom. The summed E-state index contributed by atoms with van der Waals surface area (Å²) in [5.74, 6) is 1.65. The Balaban J connectivity index is 0.00000147. The molecule has 20 heavy (non-hydrogen) atoms. The van der Waals surface area contributed by atoms with Crippen LogP contribution in [0.3, 0.4) is 0 Å². The minimum atomic E-state index is 0. The Morgan fingerprint density at radius 3 is 3.00 bits per heavy atom. The standard InChI is InChI=1S/C15H20N4.ClH/c1-11-4-5-14-13(7-11)15(18-10-17-14)19-6-2-3-12(8-16)9-19;/h4-5,7,10,12H,2-3,6,8-9,16H2,1H3;1H. The first-order chi connectivity index (χ1) is 9.28. The van der Waals surface area contributed by atoms with Crippen LogP contribution >= 0.6 is 12.4 Å². The van der Waals surface area contributed by atoms with Crippen LogP contribution in [0, 0.1) is 12.8 Å². The van der Waals surface area contributed by atoms with Crippen LogP contribution in [0.5, 0.6) is 0 Å². The fourth-order valence-corrected chi connectivity index (χ4v) is 2.86. The fraction of sp³-hybridized carbons (Fsp3) is 0.467. The number of fused-ring (bicyclic) bond motifs is 1. The molecule has 1 aromatic heterocycles. The van der Waals surface area contributed by atoms with Crippen molar-refractivity contribution >= 4 is 29.1 Å². The molecule has 1 saturated heterocycles. The number of halogens is 1. The van der Waals surface area contributed by atoms with Gasteiger partial charge in [-0.25, -0.2) is 9.97 Å². The van der Waals surface area contributed by atoms with E-state index >= 15 is 0 Å². The van der Waals surface area contributed by atoms with Gasteiger partial charge >= 0.3 is 0 Å². The van der Waals surface area contributed by atoms with Crippen molar-refractivity contribution in [2.45, 2.75) is 19.8 Å². The lowest BCUT2D eigenvalue weighted by Crippen LogP contribution is -2.38. The van der Waals surface area contributed by atoms with E-state index in [0.717, 1.165) is 36.4 Å². The van der Waals surface area contributed by atoms with Crippen molar-refractivity contribution in [1.82, 2.24) is 9.97 Å². The van der Waals surface area contributed by atoms with Gasteiger partial charge in [-0.3, -0.25) is 0 Å². The first-order valence-corrected chi connectivity index (χ1v) is 6.94. The van der Waals surface area contributed by atoms with E-state index in [1.54, 1.807) is 6.33 Å². The van der Waals surface area contributed by atoms with Crippen LogP contribution in [-0.2, 0) is 0 Å². The van der Waals surface area contributed by atoms with Gasteiger partial charge in [-0.2, -0.15) is 0 Å². The highest BCUT2D eigenvalue weighted by molar-refractivity contribution is 5.89. The predicted molar refractivity (Wildman–Crippen MR) is 85.5 cm³/mol. The second-order valence-electron chi connectivity index (χ2n) is 5.41. The quantitative estimate of drug-likeness (QED) is 0.924. The van der Waals surface area contributed by atoms with Gasteiger partial charge in [0.15, 0.2) is 0 Å². The van der Waals surface area contributed by atoms with E-state index in [-0.39, 0.29) is 12.4 Å². The van der Waals surface area contributed by atoms with Crippen molar-refractivity contribution in [1.29, 1.82) is 0 Å². The molecule has 4 nitrogen and oxygen atoms in total. The van der Waals surface area contributed by atoms with Gasteiger partial charge in [0.1, 0.15) is 12.1 Å². The van der Waals surface area contributed by atoms with E-state index in [0.29, 0.717) is 5.92 Å². The Kier molecular flexibility index (Phi) is 4.78. The number of hydrogen-bond acceptors (Lipinski definition) is 4. The SMILES string of the molecule is Cc1ccc2ncnc(N3CCCC(CN)C3)c2c1.Cl. The molecule has 1 fully saturated rings. The number of nitrogens with two attached hydrogens (primary N) is 1. The van der Waals surface area contributed by atoms with Crippen molar-refractivity contribution in [3.63, 3.8) is 0 Å². The number of nitrogens with zero attached hydrogens (tertiary/aromatic N) is 3. The average Bonchev–Trinajstić information content (AvgIpc) is 2.46. The molecule has 1 unspecified atom stereocenters. The lowest BCUT2D eigenvalue weighted by atomic mass is 9.98. The minimum absolute atomic E-state index is 0. The third-order valence-electron chi connectivity index (χ3n) is 3.92. The largest absolute Gasteiger partial charge is 0.356 e. The van der Waals surface area contributed by atoms with Gasteiger partial charge < -0.3 is 10.6 Å². The van der Waals surface area contributed by atoms with Crippen molar-refractivity contribution in [2.75, 3.05) is 24.5 Å². The van der Waals surface area contributed by atoms with Gasteiger partial charge in [-0.1, -0.05) is 11.6 Å².